The number of methoxy groups -OCH3 is 1. The Balaban J connectivity index is 2.54. The van der Waals surface area contributed by atoms with Crippen LogP contribution in [0.5, 0.6) is 0 Å². The van der Waals surface area contributed by atoms with Crippen molar-refractivity contribution < 1.29 is 9.53 Å². The summed E-state index contributed by atoms with van der Waals surface area (Å²) in [5.41, 5.74) is 2.93. The van der Waals surface area contributed by atoms with Crippen molar-refractivity contribution in [2.45, 2.75) is 20.4 Å². The fourth-order valence-electron chi connectivity index (χ4n) is 1.95. The van der Waals surface area contributed by atoms with Gasteiger partial charge in [0.1, 0.15) is 0 Å². The first kappa shape index (κ1) is 12.4. The molecule has 0 aliphatic carbocycles. The monoisotopic (exact) mass is 243 g/mol. The lowest BCUT2D eigenvalue weighted by atomic mass is 10.2. The molecule has 1 aromatic carbocycles. The van der Waals surface area contributed by atoms with E-state index in [1.54, 1.807) is 0 Å². The summed E-state index contributed by atoms with van der Waals surface area (Å²) >= 11 is 0. The van der Waals surface area contributed by atoms with Gasteiger partial charge in [0.25, 0.3) is 0 Å². The summed E-state index contributed by atoms with van der Waals surface area (Å²) < 4.78 is 6.88. The second-order valence-electron chi connectivity index (χ2n) is 4.49. The molecule has 0 aliphatic rings. The normalized spacial score (nSPS) is 10.4. The van der Waals surface area contributed by atoms with Gasteiger partial charge in [0.15, 0.2) is 0 Å². The van der Waals surface area contributed by atoms with Crippen LogP contribution in [0.25, 0.3) is 10.9 Å². The van der Waals surface area contributed by atoms with Crippen LogP contribution >= 0.6 is 0 Å². The topological polar surface area (TPSA) is 31.2 Å². The van der Waals surface area contributed by atoms with E-state index in [9.17, 15) is 4.79 Å². The van der Waals surface area contributed by atoms with Gasteiger partial charge >= 0.3 is 5.97 Å². The second kappa shape index (κ2) is 5.08. The molecule has 0 fully saturated rings. The number of rotatable bonds is 3. The summed E-state index contributed by atoms with van der Waals surface area (Å²) in [5.74, 6) is -0.290. The lowest BCUT2D eigenvalue weighted by molar-refractivity contribution is 0.0603. The maximum Gasteiger partial charge on any atom is 0.340 e. The molecule has 0 amide bonds. The molecule has 0 saturated heterocycles. The van der Waals surface area contributed by atoms with Crippen LogP contribution in [0.2, 0.25) is 0 Å². The Bertz CT molecular complexity index is 604. The quantitative estimate of drug-likeness (QED) is 0.611. The number of ether oxygens (including phenoxy) is 1. The van der Waals surface area contributed by atoms with Crippen molar-refractivity contribution in [3.05, 3.63) is 47.7 Å². The fourth-order valence-corrected chi connectivity index (χ4v) is 1.95. The van der Waals surface area contributed by atoms with Crippen LogP contribution in [-0.2, 0) is 11.3 Å². The van der Waals surface area contributed by atoms with Gasteiger partial charge in [-0.1, -0.05) is 29.8 Å². The highest BCUT2D eigenvalue weighted by Crippen LogP contribution is 2.22. The summed E-state index contributed by atoms with van der Waals surface area (Å²) in [6, 6.07) is 7.86. The molecule has 0 radical (unpaired) electrons. The molecule has 0 unspecified atom stereocenters. The number of aromatic nitrogens is 1. The number of benzene rings is 1. The summed E-state index contributed by atoms with van der Waals surface area (Å²) in [7, 11) is 1.41. The van der Waals surface area contributed by atoms with E-state index in [1.165, 1.54) is 12.7 Å². The van der Waals surface area contributed by atoms with E-state index in [1.807, 2.05) is 30.5 Å². The van der Waals surface area contributed by atoms with Crippen molar-refractivity contribution in [1.29, 1.82) is 0 Å². The highest BCUT2D eigenvalue weighted by atomic mass is 16.5. The third-order valence-electron chi connectivity index (χ3n) is 2.89. The maximum atomic E-state index is 11.7. The zero-order valence-electron chi connectivity index (χ0n) is 10.9. The predicted octanol–water partition coefficient (Wildman–Crippen LogP) is 3.39. The smallest absolute Gasteiger partial charge is 0.340 e. The number of fused-ring (bicyclic) bond motifs is 1. The van der Waals surface area contributed by atoms with Gasteiger partial charge in [-0.15, -0.1) is 0 Å². The Morgan fingerprint density at radius 2 is 2.06 bits per heavy atom. The van der Waals surface area contributed by atoms with Crippen molar-refractivity contribution in [2.24, 2.45) is 0 Å². The van der Waals surface area contributed by atoms with Crippen molar-refractivity contribution in [3.8, 4) is 0 Å². The van der Waals surface area contributed by atoms with Gasteiger partial charge in [-0.3, -0.25) is 0 Å². The Hall–Kier alpha value is -2.03. The first-order chi connectivity index (χ1) is 8.63. The van der Waals surface area contributed by atoms with Crippen LogP contribution in [0.4, 0.5) is 0 Å². The molecular weight excluding hydrogens is 226 g/mol. The third-order valence-corrected chi connectivity index (χ3v) is 2.89. The molecule has 0 spiro atoms. The Morgan fingerprint density at radius 1 is 1.33 bits per heavy atom. The van der Waals surface area contributed by atoms with Crippen LogP contribution in [0.3, 0.4) is 0 Å². The van der Waals surface area contributed by atoms with Crippen molar-refractivity contribution in [3.63, 3.8) is 0 Å². The summed E-state index contributed by atoms with van der Waals surface area (Å²) in [6.45, 7) is 4.89. The lowest BCUT2D eigenvalue weighted by Gasteiger charge is -2.01. The summed E-state index contributed by atoms with van der Waals surface area (Å²) in [6.07, 6.45) is 3.99. The van der Waals surface area contributed by atoms with Crippen LogP contribution in [0.15, 0.2) is 42.1 Å². The van der Waals surface area contributed by atoms with E-state index in [0.29, 0.717) is 5.56 Å². The number of para-hydroxylation sites is 1. The summed E-state index contributed by atoms with van der Waals surface area (Å²) in [5, 5.41) is 0.937. The number of hydrogen-bond acceptors (Lipinski definition) is 2. The maximum absolute atomic E-state index is 11.7. The molecule has 0 bridgehead atoms. The van der Waals surface area contributed by atoms with Crippen molar-refractivity contribution >= 4 is 16.9 Å². The molecule has 2 aromatic rings. The molecule has 0 aliphatic heterocycles. The minimum Gasteiger partial charge on any atom is -0.465 e. The van der Waals surface area contributed by atoms with E-state index in [0.717, 1.165) is 17.4 Å². The average molecular weight is 243 g/mol. The lowest BCUT2D eigenvalue weighted by Crippen LogP contribution is -2.00. The van der Waals surface area contributed by atoms with Crippen LogP contribution < -0.4 is 0 Å². The molecule has 0 N–H and O–H groups in total. The molecule has 18 heavy (non-hydrogen) atoms. The van der Waals surface area contributed by atoms with Crippen LogP contribution in [0, 0.1) is 0 Å². The van der Waals surface area contributed by atoms with Crippen molar-refractivity contribution in [2.75, 3.05) is 7.11 Å². The van der Waals surface area contributed by atoms with E-state index in [2.05, 4.69) is 24.5 Å². The van der Waals surface area contributed by atoms with Gasteiger partial charge in [0.2, 0.25) is 0 Å². The largest absolute Gasteiger partial charge is 0.465 e. The van der Waals surface area contributed by atoms with Crippen molar-refractivity contribution in [1.82, 2.24) is 4.57 Å². The molecule has 1 heterocycles. The minimum atomic E-state index is -0.290. The van der Waals surface area contributed by atoms with Crippen LogP contribution in [0.1, 0.15) is 24.2 Å². The van der Waals surface area contributed by atoms with E-state index in [-0.39, 0.29) is 5.97 Å². The SMILES string of the molecule is COC(=O)c1cn(CC=C(C)C)c2ccccc12. The van der Waals surface area contributed by atoms with Gasteiger partial charge in [-0.05, 0) is 19.9 Å². The van der Waals surface area contributed by atoms with E-state index < -0.39 is 0 Å². The average Bonchev–Trinajstić information content (AvgIpc) is 2.74. The fraction of sp³-hybridized carbons (Fsp3) is 0.267. The van der Waals surface area contributed by atoms with E-state index in [4.69, 9.17) is 4.74 Å². The van der Waals surface area contributed by atoms with Gasteiger partial charge in [0.05, 0.1) is 12.7 Å². The van der Waals surface area contributed by atoms with E-state index >= 15 is 0 Å². The van der Waals surface area contributed by atoms with Gasteiger partial charge in [0, 0.05) is 23.6 Å². The number of carbonyl (C=O) groups is 1. The first-order valence-electron chi connectivity index (χ1n) is 5.93. The molecule has 0 atom stereocenters. The zero-order chi connectivity index (χ0) is 13.1. The second-order valence-corrected chi connectivity index (χ2v) is 4.49. The third kappa shape index (κ3) is 2.30. The highest BCUT2D eigenvalue weighted by Gasteiger charge is 2.14. The number of carbonyl (C=O) groups excluding carboxylic acids is 1. The molecule has 0 saturated carbocycles. The number of nitrogens with zero attached hydrogens (tertiary/aromatic N) is 1. The molecular formula is C15H17NO2. The highest BCUT2D eigenvalue weighted by molar-refractivity contribution is 6.04. The Kier molecular flexibility index (Phi) is 3.51. The number of hydrogen-bond donors (Lipinski definition) is 0. The molecule has 3 nitrogen and oxygen atoms in total. The molecule has 1 aromatic heterocycles. The predicted molar refractivity (Wildman–Crippen MR) is 72.7 cm³/mol. The molecule has 94 valence electrons. The standard InChI is InChI=1S/C15H17NO2/c1-11(2)8-9-16-10-13(15(17)18-3)12-6-4-5-7-14(12)16/h4-8,10H,9H2,1-3H3. The van der Waals surface area contributed by atoms with Crippen LogP contribution in [-0.4, -0.2) is 17.6 Å². The summed E-state index contributed by atoms with van der Waals surface area (Å²) in [4.78, 5) is 11.7. The molecule has 2 rings (SSSR count). The Labute approximate surface area is 107 Å². The number of esters is 1. The minimum absolute atomic E-state index is 0.290. The molecule has 3 heteroatoms. The Morgan fingerprint density at radius 3 is 2.72 bits per heavy atom. The van der Waals surface area contributed by atoms with Gasteiger partial charge in [-0.2, -0.15) is 0 Å². The zero-order valence-corrected chi connectivity index (χ0v) is 10.9. The first-order valence-corrected chi connectivity index (χ1v) is 5.93. The van der Waals surface area contributed by atoms with Gasteiger partial charge in [-0.25, -0.2) is 4.79 Å². The van der Waals surface area contributed by atoms with Gasteiger partial charge < -0.3 is 9.30 Å². The number of allylic oxidation sites excluding steroid dienone is 2.